The van der Waals surface area contributed by atoms with Gasteiger partial charge in [0.1, 0.15) is 0 Å². The van der Waals surface area contributed by atoms with E-state index in [9.17, 15) is 9.59 Å². The van der Waals surface area contributed by atoms with Crippen molar-refractivity contribution < 1.29 is 9.59 Å². The van der Waals surface area contributed by atoms with Crippen LogP contribution in [0.5, 0.6) is 0 Å². The van der Waals surface area contributed by atoms with E-state index in [1.165, 1.54) is 0 Å². The van der Waals surface area contributed by atoms with Gasteiger partial charge in [0.05, 0.1) is 0 Å². The van der Waals surface area contributed by atoms with E-state index in [1.54, 1.807) is 12.1 Å². The lowest BCUT2D eigenvalue weighted by Crippen LogP contribution is -2.12. The van der Waals surface area contributed by atoms with Crippen LogP contribution in [0.2, 0.25) is 0 Å². The third-order valence-corrected chi connectivity index (χ3v) is 5.90. The summed E-state index contributed by atoms with van der Waals surface area (Å²) in [4.78, 5) is 27.7. The van der Waals surface area contributed by atoms with Gasteiger partial charge < -0.3 is 0 Å². The van der Waals surface area contributed by atoms with Crippen molar-refractivity contribution in [2.45, 2.75) is 0 Å². The average Bonchev–Trinajstić information content (AvgIpc) is 2.93. The van der Waals surface area contributed by atoms with Gasteiger partial charge in [0.15, 0.2) is 11.6 Å². The summed E-state index contributed by atoms with van der Waals surface area (Å²) in [7, 11) is 0. The Morgan fingerprint density at radius 1 is 0.412 bits per heavy atom. The molecule has 0 atom stereocenters. The normalized spacial score (nSPS) is 10.6. The van der Waals surface area contributed by atoms with Gasteiger partial charge >= 0.3 is 0 Å². The van der Waals surface area contributed by atoms with Crippen LogP contribution in [0.15, 0.2) is 133 Å². The molecule has 0 radical (unpaired) electrons. The monoisotopic (exact) mass is 438 g/mol. The van der Waals surface area contributed by atoms with E-state index in [4.69, 9.17) is 0 Å². The molecular weight excluding hydrogens is 416 g/mol. The van der Waals surface area contributed by atoms with Crippen LogP contribution in [-0.2, 0) is 0 Å². The number of hydrogen-bond acceptors (Lipinski definition) is 2. The maximum atomic E-state index is 14.0. The minimum atomic E-state index is -0.110. The maximum absolute atomic E-state index is 14.0. The fourth-order valence-electron chi connectivity index (χ4n) is 4.27. The highest BCUT2D eigenvalue weighted by atomic mass is 16.1. The van der Waals surface area contributed by atoms with Gasteiger partial charge in [0, 0.05) is 27.8 Å². The van der Waals surface area contributed by atoms with Gasteiger partial charge in [-0.2, -0.15) is 0 Å². The molecule has 0 aliphatic heterocycles. The van der Waals surface area contributed by atoms with Crippen LogP contribution in [0.4, 0.5) is 0 Å². The van der Waals surface area contributed by atoms with Gasteiger partial charge in [-0.1, -0.05) is 127 Å². The van der Waals surface area contributed by atoms with Crippen LogP contribution < -0.4 is 0 Å². The Morgan fingerprint density at radius 3 is 1.38 bits per heavy atom. The predicted octanol–water partition coefficient (Wildman–Crippen LogP) is 7.48. The SMILES string of the molecule is O=C(c1ccccc1)c1ccc(-c2ccccc2)c(C(=O)c2ccccc2)c1-c1ccccc1. The lowest BCUT2D eigenvalue weighted by Gasteiger charge is -2.19. The summed E-state index contributed by atoms with van der Waals surface area (Å²) >= 11 is 0. The van der Waals surface area contributed by atoms with Gasteiger partial charge in [0.25, 0.3) is 0 Å². The fraction of sp³-hybridized carbons (Fsp3) is 0. The van der Waals surface area contributed by atoms with E-state index in [-0.39, 0.29) is 11.6 Å². The number of ketones is 2. The molecular formula is C32H22O2. The van der Waals surface area contributed by atoms with Crippen LogP contribution in [0.3, 0.4) is 0 Å². The van der Waals surface area contributed by atoms with Crippen LogP contribution in [-0.4, -0.2) is 11.6 Å². The van der Waals surface area contributed by atoms with Crippen molar-refractivity contribution in [3.63, 3.8) is 0 Å². The molecule has 0 aliphatic carbocycles. The minimum absolute atomic E-state index is 0.110. The summed E-state index contributed by atoms with van der Waals surface area (Å²) in [5.41, 5.74) is 5.44. The van der Waals surface area contributed by atoms with E-state index in [0.29, 0.717) is 27.8 Å². The predicted molar refractivity (Wildman–Crippen MR) is 137 cm³/mol. The molecule has 5 aromatic carbocycles. The molecule has 0 bridgehead atoms. The van der Waals surface area contributed by atoms with Crippen LogP contribution in [0.1, 0.15) is 31.8 Å². The molecule has 0 N–H and O–H groups in total. The second kappa shape index (κ2) is 9.51. The maximum Gasteiger partial charge on any atom is 0.194 e. The first-order chi connectivity index (χ1) is 16.7. The second-order valence-corrected chi connectivity index (χ2v) is 8.03. The molecule has 2 heteroatoms. The Hall–Kier alpha value is -4.56. The molecule has 162 valence electrons. The highest BCUT2D eigenvalue weighted by molar-refractivity contribution is 6.22. The first-order valence-electron chi connectivity index (χ1n) is 11.2. The molecule has 0 fully saturated rings. The lowest BCUT2D eigenvalue weighted by molar-refractivity contribution is 0.103. The number of hydrogen-bond donors (Lipinski definition) is 0. The molecule has 34 heavy (non-hydrogen) atoms. The molecule has 2 nitrogen and oxygen atoms in total. The molecule has 0 amide bonds. The van der Waals surface area contributed by atoms with E-state index >= 15 is 0 Å². The highest BCUT2D eigenvalue weighted by Gasteiger charge is 2.25. The zero-order valence-electron chi connectivity index (χ0n) is 18.5. The largest absolute Gasteiger partial charge is 0.289 e. The standard InChI is InChI=1S/C32H22O2/c33-31(25-17-9-3-10-18-25)28-22-21-27(23-13-5-1-6-14-23)30(29(28)24-15-7-2-8-16-24)32(34)26-19-11-4-12-20-26/h1-22H. The van der Waals surface area contributed by atoms with Crippen LogP contribution in [0, 0.1) is 0 Å². The van der Waals surface area contributed by atoms with Crippen molar-refractivity contribution in [1.29, 1.82) is 0 Å². The van der Waals surface area contributed by atoms with Crippen molar-refractivity contribution in [3.05, 3.63) is 156 Å². The van der Waals surface area contributed by atoms with Crippen molar-refractivity contribution >= 4 is 11.6 Å². The molecule has 0 saturated carbocycles. The smallest absolute Gasteiger partial charge is 0.194 e. The molecule has 5 rings (SSSR count). The molecule has 0 saturated heterocycles. The van der Waals surface area contributed by atoms with Gasteiger partial charge in [0.2, 0.25) is 0 Å². The van der Waals surface area contributed by atoms with E-state index in [1.807, 2.05) is 121 Å². The Morgan fingerprint density at radius 2 is 0.853 bits per heavy atom. The Labute approximate surface area is 199 Å². The van der Waals surface area contributed by atoms with Gasteiger partial charge in [-0.3, -0.25) is 9.59 Å². The van der Waals surface area contributed by atoms with Gasteiger partial charge in [-0.15, -0.1) is 0 Å². The first-order valence-corrected chi connectivity index (χ1v) is 11.2. The number of rotatable bonds is 6. The van der Waals surface area contributed by atoms with Crippen molar-refractivity contribution in [1.82, 2.24) is 0 Å². The third kappa shape index (κ3) is 4.10. The fourth-order valence-corrected chi connectivity index (χ4v) is 4.27. The van der Waals surface area contributed by atoms with Crippen molar-refractivity contribution in [3.8, 4) is 22.3 Å². The molecule has 5 aromatic rings. The summed E-state index contributed by atoms with van der Waals surface area (Å²) in [5.74, 6) is -0.220. The zero-order valence-corrected chi connectivity index (χ0v) is 18.5. The van der Waals surface area contributed by atoms with Crippen molar-refractivity contribution in [2.24, 2.45) is 0 Å². The minimum Gasteiger partial charge on any atom is -0.289 e. The molecule has 0 spiro atoms. The molecule has 0 aromatic heterocycles. The average molecular weight is 439 g/mol. The summed E-state index contributed by atoms with van der Waals surface area (Å²) in [6.45, 7) is 0. The topological polar surface area (TPSA) is 34.1 Å². The summed E-state index contributed by atoms with van der Waals surface area (Å²) in [5, 5.41) is 0. The van der Waals surface area contributed by atoms with Gasteiger partial charge in [-0.05, 0) is 22.8 Å². The summed E-state index contributed by atoms with van der Waals surface area (Å²) < 4.78 is 0. The highest BCUT2D eigenvalue weighted by Crippen LogP contribution is 2.37. The molecule has 0 unspecified atom stereocenters. The van der Waals surface area contributed by atoms with E-state index in [0.717, 1.165) is 16.7 Å². The number of carbonyl (C=O) groups is 2. The Balaban J connectivity index is 1.85. The van der Waals surface area contributed by atoms with E-state index < -0.39 is 0 Å². The number of carbonyl (C=O) groups excluding carboxylic acids is 2. The third-order valence-electron chi connectivity index (χ3n) is 5.90. The lowest BCUT2D eigenvalue weighted by atomic mass is 9.82. The molecule has 0 heterocycles. The summed E-state index contributed by atoms with van der Waals surface area (Å²) in [6.07, 6.45) is 0. The summed E-state index contributed by atoms with van der Waals surface area (Å²) in [6, 6.07) is 41.7. The van der Waals surface area contributed by atoms with Crippen molar-refractivity contribution in [2.75, 3.05) is 0 Å². The number of benzene rings is 5. The Kier molecular flexibility index (Phi) is 5.96. The van der Waals surface area contributed by atoms with Crippen LogP contribution in [0.25, 0.3) is 22.3 Å². The molecule has 0 aliphatic rings. The quantitative estimate of drug-likeness (QED) is 0.258. The first kappa shape index (κ1) is 21.3. The second-order valence-electron chi connectivity index (χ2n) is 8.03. The van der Waals surface area contributed by atoms with Crippen LogP contribution >= 0.6 is 0 Å². The van der Waals surface area contributed by atoms with E-state index in [2.05, 4.69) is 0 Å². The zero-order chi connectivity index (χ0) is 23.3. The Bertz CT molecular complexity index is 1440. The van der Waals surface area contributed by atoms with Gasteiger partial charge in [-0.25, -0.2) is 0 Å².